The largest absolute Gasteiger partial charge is 0.494 e. The van der Waals surface area contributed by atoms with Gasteiger partial charge in [0.1, 0.15) is 5.75 Å². The van der Waals surface area contributed by atoms with E-state index in [1.165, 1.54) is 5.69 Å². The van der Waals surface area contributed by atoms with E-state index < -0.39 is 0 Å². The van der Waals surface area contributed by atoms with E-state index in [4.69, 9.17) is 10.5 Å². The normalized spacial score (nSPS) is 15.5. The van der Waals surface area contributed by atoms with Crippen molar-refractivity contribution in [1.82, 2.24) is 4.90 Å². The molecule has 0 aromatic heterocycles. The highest BCUT2D eigenvalue weighted by Crippen LogP contribution is 2.16. The molecule has 2 aromatic carbocycles. The summed E-state index contributed by atoms with van der Waals surface area (Å²) >= 11 is 0. The summed E-state index contributed by atoms with van der Waals surface area (Å²) in [5.74, 6) is 0.923. The van der Waals surface area contributed by atoms with Crippen LogP contribution in [0.15, 0.2) is 54.6 Å². The standard InChI is InChI=1S/C20H27N3O/c21-17-18-6-4-9-20(16-18)24-15-5-10-22-11-13-23(14-12-22)19-7-2-1-3-8-19/h1-4,6-9,16H,5,10-15,17,21H2. The molecule has 0 bridgehead atoms. The maximum atomic E-state index is 5.84. The molecule has 24 heavy (non-hydrogen) atoms. The zero-order valence-electron chi connectivity index (χ0n) is 14.2. The summed E-state index contributed by atoms with van der Waals surface area (Å²) in [5.41, 5.74) is 8.11. The number of anilines is 1. The van der Waals surface area contributed by atoms with E-state index in [1.54, 1.807) is 0 Å². The Labute approximate surface area is 144 Å². The van der Waals surface area contributed by atoms with E-state index in [0.717, 1.165) is 57.1 Å². The van der Waals surface area contributed by atoms with Crippen molar-refractivity contribution in [2.75, 3.05) is 44.2 Å². The van der Waals surface area contributed by atoms with E-state index in [1.807, 2.05) is 24.3 Å². The third-order valence-electron chi connectivity index (χ3n) is 4.52. The monoisotopic (exact) mass is 325 g/mol. The quantitative estimate of drug-likeness (QED) is 0.795. The minimum absolute atomic E-state index is 0.558. The Hall–Kier alpha value is -2.04. The van der Waals surface area contributed by atoms with Crippen LogP contribution >= 0.6 is 0 Å². The fourth-order valence-electron chi connectivity index (χ4n) is 3.11. The second-order valence-corrected chi connectivity index (χ2v) is 6.22. The number of hydrogen-bond donors (Lipinski definition) is 1. The van der Waals surface area contributed by atoms with Gasteiger partial charge in [-0.1, -0.05) is 30.3 Å². The molecule has 0 spiro atoms. The lowest BCUT2D eigenvalue weighted by molar-refractivity contribution is 0.224. The van der Waals surface area contributed by atoms with Gasteiger partial charge in [0.25, 0.3) is 0 Å². The number of nitrogens with two attached hydrogens (primary N) is 1. The number of ether oxygens (including phenoxy) is 1. The zero-order valence-corrected chi connectivity index (χ0v) is 14.2. The van der Waals surface area contributed by atoms with Crippen molar-refractivity contribution in [1.29, 1.82) is 0 Å². The average Bonchev–Trinajstić information content (AvgIpc) is 2.67. The number of piperazine rings is 1. The maximum Gasteiger partial charge on any atom is 0.119 e. The molecule has 1 aliphatic heterocycles. The minimum Gasteiger partial charge on any atom is -0.494 e. The van der Waals surface area contributed by atoms with Gasteiger partial charge in [-0.05, 0) is 36.2 Å². The Kier molecular flexibility index (Phi) is 6.10. The maximum absolute atomic E-state index is 5.84. The molecule has 2 aromatic rings. The highest BCUT2D eigenvalue weighted by Gasteiger charge is 2.16. The van der Waals surface area contributed by atoms with Gasteiger partial charge >= 0.3 is 0 Å². The van der Waals surface area contributed by atoms with Gasteiger partial charge in [-0.15, -0.1) is 0 Å². The number of benzene rings is 2. The van der Waals surface area contributed by atoms with Crippen molar-refractivity contribution >= 4 is 5.69 Å². The molecule has 0 atom stereocenters. The van der Waals surface area contributed by atoms with Crippen LogP contribution in [-0.2, 0) is 6.54 Å². The highest BCUT2D eigenvalue weighted by molar-refractivity contribution is 5.46. The summed E-state index contributed by atoms with van der Waals surface area (Å²) in [6.07, 6.45) is 1.05. The van der Waals surface area contributed by atoms with Gasteiger partial charge in [0, 0.05) is 45.0 Å². The lowest BCUT2D eigenvalue weighted by Crippen LogP contribution is -2.46. The molecule has 0 radical (unpaired) electrons. The van der Waals surface area contributed by atoms with Crippen LogP contribution in [0.2, 0.25) is 0 Å². The Bertz CT molecular complexity index is 609. The fourth-order valence-corrected chi connectivity index (χ4v) is 3.11. The predicted octanol–water partition coefficient (Wildman–Crippen LogP) is 2.74. The van der Waals surface area contributed by atoms with Gasteiger partial charge in [-0.2, -0.15) is 0 Å². The van der Waals surface area contributed by atoms with Crippen LogP contribution in [0, 0.1) is 0 Å². The first-order valence-corrected chi connectivity index (χ1v) is 8.79. The predicted molar refractivity (Wildman–Crippen MR) is 99.5 cm³/mol. The van der Waals surface area contributed by atoms with Crippen molar-refractivity contribution < 1.29 is 4.74 Å². The summed E-state index contributed by atoms with van der Waals surface area (Å²) in [6, 6.07) is 18.7. The Morgan fingerprint density at radius 2 is 1.71 bits per heavy atom. The van der Waals surface area contributed by atoms with E-state index >= 15 is 0 Å². The smallest absolute Gasteiger partial charge is 0.119 e. The Morgan fingerprint density at radius 1 is 0.917 bits per heavy atom. The highest BCUT2D eigenvalue weighted by atomic mass is 16.5. The van der Waals surface area contributed by atoms with Gasteiger partial charge in [-0.3, -0.25) is 4.90 Å². The summed E-state index contributed by atoms with van der Waals surface area (Å²) in [5, 5.41) is 0. The molecule has 3 rings (SSSR count). The SMILES string of the molecule is NCc1cccc(OCCCN2CCN(c3ccccc3)CC2)c1. The van der Waals surface area contributed by atoms with Gasteiger partial charge in [0.2, 0.25) is 0 Å². The molecule has 0 unspecified atom stereocenters. The third kappa shape index (κ3) is 4.73. The Balaban J connectivity index is 1.35. The van der Waals surface area contributed by atoms with Crippen LogP contribution in [0.5, 0.6) is 5.75 Å². The van der Waals surface area contributed by atoms with Crippen LogP contribution in [0.4, 0.5) is 5.69 Å². The van der Waals surface area contributed by atoms with Crippen LogP contribution in [0.25, 0.3) is 0 Å². The van der Waals surface area contributed by atoms with Gasteiger partial charge in [-0.25, -0.2) is 0 Å². The topological polar surface area (TPSA) is 41.7 Å². The second-order valence-electron chi connectivity index (χ2n) is 6.22. The molecule has 1 heterocycles. The van der Waals surface area contributed by atoms with Crippen LogP contribution < -0.4 is 15.4 Å². The molecule has 128 valence electrons. The third-order valence-corrected chi connectivity index (χ3v) is 4.52. The summed E-state index contributed by atoms with van der Waals surface area (Å²) in [4.78, 5) is 4.99. The van der Waals surface area contributed by atoms with E-state index in [-0.39, 0.29) is 0 Å². The zero-order chi connectivity index (χ0) is 16.6. The van der Waals surface area contributed by atoms with Crippen LogP contribution in [0.1, 0.15) is 12.0 Å². The number of para-hydroxylation sites is 1. The summed E-state index contributed by atoms with van der Waals surface area (Å²) in [6.45, 7) is 6.86. The molecule has 4 heteroatoms. The fraction of sp³-hybridized carbons (Fsp3) is 0.400. The van der Waals surface area contributed by atoms with Gasteiger partial charge in [0.05, 0.1) is 6.61 Å². The van der Waals surface area contributed by atoms with Crippen LogP contribution in [0.3, 0.4) is 0 Å². The van der Waals surface area contributed by atoms with Gasteiger partial charge < -0.3 is 15.4 Å². The first-order valence-electron chi connectivity index (χ1n) is 8.79. The summed E-state index contributed by atoms with van der Waals surface area (Å²) < 4.78 is 5.84. The molecular weight excluding hydrogens is 298 g/mol. The molecule has 0 saturated carbocycles. The second kappa shape index (κ2) is 8.71. The number of rotatable bonds is 7. The molecule has 4 nitrogen and oxygen atoms in total. The summed E-state index contributed by atoms with van der Waals surface area (Å²) in [7, 11) is 0. The molecule has 0 aliphatic carbocycles. The first-order chi connectivity index (χ1) is 11.8. The van der Waals surface area contributed by atoms with Crippen molar-refractivity contribution in [3.05, 3.63) is 60.2 Å². The lowest BCUT2D eigenvalue weighted by Gasteiger charge is -2.36. The van der Waals surface area contributed by atoms with Gasteiger partial charge in [0.15, 0.2) is 0 Å². The van der Waals surface area contributed by atoms with E-state index in [0.29, 0.717) is 6.54 Å². The Morgan fingerprint density at radius 3 is 2.46 bits per heavy atom. The first kappa shape index (κ1) is 16.8. The number of nitrogens with zero attached hydrogens (tertiary/aromatic N) is 2. The molecule has 1 fully saturated rings. The van der Waals surface area contributed by atoms with Crippen LogP contribution in [-0.4, -0.2) is 44.2 Å². The molecule has 0 amide bonds. The van der Waals surface area contributed by atoms with Crippen molar-refractivity contribution in [3.8, 4) is 5.75 Å². The van der Waals surface area contributed by atoms with Crippen molar-refractivity contribution in [2.24, 2.45) is 5.73 Å². The van der Waals surface area contributed by atoms with Crippen molar-refractivity contribution in [3.63, 3.8) is 0 Å². The molecule has 2 N–H and O–H groups in total. The lowest BCUT2D eigenvalue weighted by atomic mass is 10.2. The van der Waals surface area contributed by atoms with E-state index in [2.05, 4.69) is 40.1 Å². The number of hydrogen-bond acceptors (Lipinski definition) is 4. The molecular formula is C20H27N3O. The molecule has 1 saturated heterocycles. The van der Waals surface area contributed by atoms with Crippen molar-refractivity contribution in [2.45, 2.75) is 13.0 Å². The molecule has 1 aliphatic rings. The average molecular weight is 325 g/mol. The minimum atomic E-state index is 0.558. The van der Waals surface area contributed by atoms with E-state index in [9.17, 15) is 0 Å².